The molecule has 3 aliphatic rings. The molecule has 48 heavy (non-hydrogen) atoms. The third-order valence-corrected chi connectivity index (χ3v) is 9.51. The molecule has 0 spiro atoms. The summed E-state index contributed by atoms with van der Waals surface area (Å²) in [5.74, 6) is 2.98. The zero-order valence-electron chi connectivity index (χ0n) is 28.6. The molecule has 2 saturated heterocycles. The van der Waals surface area contributed by atoms with Gasteiger partial charge < -0.3 is 33.9 Å². The molecule has 0 radical (unpaired) electrons. The van der Waals surface area contributed by atoms with Crippen LogP contribution in [0.1, 0.15) is 36.3 Å². The standard InChI is InChI=1S/C40H51N3O5/c1-42-18-20-43(21-19-42)22-25-47-37-15-10-32-9-8-31(26-35(32)27-37)29-48-40-28-41-17-16-38(40)33-11-13-36(14-12-33)46-24-5-23-45-30-34-6-3-4-7-39(34)44-2/h3-4,6-7,9-15,26-27,29,38,40-41H,5,8,16-25,28,30H2,1-2H3/t38-,40+/m1/s1. The van der Waals surface area contributed by atoms with Crippen LogP contribution in [-0.2, 0) is 16.1 Å². The van der Waals surface area contributed by atoms with Crippen molar-refractivity contribution in [3.05, 3.63) is 100 Å². The fourth-order valence-electron chi connectivity index (χ4n) is 6.58. The fraction of sp³-hybridized carbons (Fsp3) is 0.450. The number of benzene rings is 3. The van der Waals surface area contributed by atoms with Crippen LogP contribution in [0.3, 0.4) is 0 Å². The number of hydrogen-bond acceptors (Lipinski definition) is 8. The molecule has 0 bridgehead atoms. The number of piperazine rings is 1. The zero-order chi connectivity index (χ0) is 33.0. The molecule has 1 aliphatic carbocycles. The molecule has 6 rings (SSSR count). The highest BCUT2D eigenvalue weighted by atomic mass is 16.5. The van der Waals surface area contributed by atoms with E-state index in [4.69, 9.17) is 23.7 Å². The van der Waals surface area contributed by atoms with Gasteiger partial charge in [0.05, 0.1) is 33.2 Å². The number of nitrogens with zero attached hydrogens (tertiary/aromatic N) is 2. The lowest BCUT2D eigenvalue weighted by Crippen LogP contribution is -2.45. The van der Waals surface area contributed by atoms with Crippen molar-refractivity contribution in [1.82, 2.24) is 15.1 Å². The molecule has 3 aromatic carbocycles. The number of rotatable bonds is 15. The minimum atomic E-state index is 0.0671. The molecule has 2 aliphatic heterocycles. The van der Waals surface area contributed by atoms with Gasteiger partial charge in [-0.05, 0) is 84.4 Å². The van der Waals surface area contributed by atoms with Crippen molar-refractivity contribution in [2.24, 2.45) is 0 Å². The van der Waals surface area contributed by atoms with E-state index < -0.39 is 0 Å². The van der Waals surface area contributed by atoms with Crippen molar-refractivity contribution in [2.45, 2.75) is 37.9 Å². The Kier molecular flexibility index (Phi) is 12.4. The number of methoxy groups -OCH3 is 1. The maximum atomic E-state index is 6.48. The summed E-state index contributed by atoms with van der Waals surface area (Å²) in [6, 6.07) is 22.9. The topological polar surface area (TPSA) is 64.7 Å². The number of fused-ring (bicyclic) bond motifs is 1. The maximum Gasteiger partial charge on any atom is 0.124 e. The summed E-state index contributed by atoms with van der Waals surface area (Å²) in [5, 5.41) is 5.96. The molecule has 1 N–H and O–H groups in total. The average molecular weight is 654 g/mol. The molecule has 2 atom stereocenters. The Morgan fingerprint density at radius 2 is 1.69 bits per heavy atom. The zero-order valence-corrected chi connectivity index (χ0v) is 28.6. The number of likely N-dealkylation sites (N-methyl/N-ethyl adjacent to an activating group) is 1. The summed E-state index contributed by atoms with van der Waals surface area (Å²) >= 11 is 0. The minimum Gasteiger partial charge on any atom is -0.496 e. The van der Waals surface area contributed by atoms with E-state index in [0.717, 1.165) is 87.9 Å². The summed E-state index contributed by atoms with van der Waals surface area (Å²) in [6.45, 7) is 9.75. The van der Waals surface area contributed by atoms with Gasteiger partial charge in [-0.1, -0.05) is 42.5 Å². The van der Waals surface area contributed by atoms with E-state index in [1.807, 2.05) is 30.5 Å². The van der Waals surface area contributed by atoms with E-state index in [9.17, 15) is 0 Å². The van der Waals surface area contributed by atoms with Crippen molar-refractivity contribution < 1.29 is 23.7 Å². The summed E-state index contributed by atoms with van der Waals surface area (Å²) in [7, 11) is 3.87. The van der Waals surface area contributed by atoms with E-state index in [1.165, 1.54) is 21.6 Å². The Hall–Kier alpha value is -3.82. The lowest BCUT2D eigenvalue weighted by molar-refractivity contribution is 0.0948. The van der Waals surface area contributed by atoms with Gasteiger partial charge in [0.15, 0.2) is 0 Å². The summed E-state index contributed by atoms with van der Waals surface area (Å²) in [6.07, 6.45) is 9.27. The molecule has 3 aromatic rings. The molecule has 0 unspecified atom stereocenters. The number of piperidine rings is 1. The van der Waals surface area contributed by atoms with E-state index in [1.54, 1.807) is 7.11 Å². The Morgan fingerprint density at radius 3 is 2.54 bits per heavy atom. The van der Waals surface area contributed by atoms with Crippen LogP contribution in [0.15, 0.2) is 78.6 Å². The third kappa shape index (κ3) is 9.63. The molecular weight excluding hydrogens is 602 g/mol. The number of ether oxygens (including phenoxy) is 5. The molecule has 256 valence electrons. The molecule has 8 heteroatoms. The largest absolute Gasteiger partial charge is 0.496 e. The van der Waals surface area contributed by atoms with Crippen LogP contribution in [0, 0.1) is 0 Å². The smallest absolute Gasteiger partial charge is 0.124 e. The molecular formula is C40H51N3O5. The van der Waals surface area contributed by atoms with Crippen molar-refractivity contribution in [1.29, 1.82) is 0 Å². The molecule has 2 heterocycles. The van der Waals surface area contributed by atoms with Gasteiger partial charge >= 0.3 is 0 Å². The van der Waals surface area contributed by atoms with E-state index in [-0.39, 0.29) is 6.10 Å². The second kappa shape index (κ2) is 17.5. The number of allylic oxidation sites excluding steroid dienone is 1. The first-order valence-electron chi connectivity index (χ1n) is 17.5. The van der Waals surface area contributed by atoms with Gasteiger partial charge in [0.2, 0.25) is 0 Å². The lowest BCUT2D eigenvalue weighted by atomic mass is 9.87. The van der Waals surface area contributed by atoms with E-state index >= 15 is 0 Å². The molecule has 0 amide bonds. The van der Waals surface area contributed by atoms with Gasteiger partial charge in [-0.25, -0.2) is 0 Å². The van der Waals surface area contributed by atoms with Gasteiger partial charge in [0.1, 0.15) is 30.0 Å². The first kappa shape index (κ1) is 34.1. The SMILES string of the molecule is COc1ccccc1COCCCOc1ccc([C@H]2CCNC[C@@H]2OC=C2C=c3cc(OCCN4CCN(C)CC4)ccc3=CC2)cc1. The lowest BCUT2D eigenvalue weighted by Gasteiger charge is -2.32. The van der Waals surface area contributed by atoms with Crippen molar-refractivity contribution in [2.75, 3.05) is 79.8 Å². The molecule has 0 saturated carbocycles. The second-order valence-electron chi connectivity index (χ2n) is 12.9. The van der Waals surface area contributed by atoms with E-state index in [2.05, 4.69) is 76.8 Å². The third-order valence-electron chi connectivity index (χ3n) is 9.51. The number of hydrogen-bond donors (Lipinski definition) is 1. The Labute approximate surface area is 285 Å². The highest BCUT2D eigenvalue weighted by Crippen LogP contribution is 2.30. The van der Waals surface area contributed by atoms with Gasteiger partial charge in [0.25, 0.3) is 0 Å². The number of nitrogens with one attached hydrogen (secondary N) is 1. The van der Waals surface area contributed by atoms with Crippen LogP contribution in [0.4, 0.5) is 0 Å². The normalized spacial score (nSPS) is 20.8. The predicted molar refractivity (Wildman–Crippen MR) is 191 cm³/mol. The van der Waals surface area contributed by atoms with Gasteiger partial charge in [-0.2, -0.15) is 0 Å². The minimum absolute atomic E-state index is 0.0671. The average Bonchev–Trinajstić information content (AvgIpc) is 3.13. The number of para-hydroxylation sites is 1. The van der Waals surface area contributed by atoms with E-state index in [0.29, 0.717) is 32.3 Å². The Bertz CT molecular complexity index is 1600. The van der Waals surface area contributed by atoms with Crippen molar-refractivity contribution in [3.8, 4) is 17.2 Å². The predicted octanol–water partition coefficient (Wildman–Crippen LogP) is 4.32. The Balaban J connectivity index is 0.968. The molecule has 2 fully saturated rings. The fourth-order valence-corrected chi connectivity index (χ4v) is 6.58. The monoisotopic (exact) mass is 653 g/mol. The summed E-state index contributed by atoms with van der Waals surface area (Å²) in [5.41, 5.74) is 3.52. The first-order chi connectivity index (χ1) is 23.6. The molecule has 8 nitrogen and oxygen atoms in total. The van der Waals surface area contributed by atoms with Crippen LogP contribution in [0.5, 0.6) is 17.2 Å². The molecule has 0 aromatic heterocycles. The first-order valence-corrected chi connectivity index (χ1v) is 17.5. The summed E-state index contributed by atoms with van der Waals surface area (Å²) in [4.78, 5) is 4.86. The van der Waals surface area contributed by atoms with Gasteiger partial charge in [-0.3, -0.25) is 4.90 Å². The van der Waals surface area contributed by atoms with Crippen LogP contribution in [0.25, 0.3) is 12.2 Å². The van der Waals surface area contributed by atoms with Crippen molar-refractivity contribution >= 4 is 12.2 Å². The highest BCUT2D eigenvalue weighted by molar-refractivity contribution is 5.56. The summed E-state index contributed by atoms with van der Waals surface area (Å²) < 4.78 is 29.9. The van der Waals surface area contributed by atoms with Gasteiger partial charge in [0, 0.05) is 57.2 Å². The second-order valence-corrected chi connectivity index (χ2v) is 12.9. The van der Waals surface area contributed by atoms with Crippen LogP contribution in [0.2, 0.25) is 0 Å². The Morgan fingerprint density at radius 1 is 0.875 bits per heavy atom. The van der Waals surface area contributed by atoms with Gasteiger partial charge in [-0.15, -0.1) is 0 Å². The maximum absolute atomic E-state index is 6.48. The quantitative estimate of drug-likeness (QED) is 0.192. The van der Waals surface area contributed by atoms with Crippen LogP contribution >= 0.6 is 0 Å². The van der Waals surface area contributed by atoms with Crippen molar-refractivity contribution in [3.63, 3.8) is 0 Å². The highest BCUT2D eigenvalue weighted by Gasteiger charge is 2.27. The van der Waals surface area contributed by atoms with Crippen LogP contribution < -0.4 is 30.0 Å². The van der Waals surface area contributed by atoms with Crippen LogP contribution in [-0.4, -0.2) is 95.7 Å².